The number of ketones is 1. The number of hydrogen-bond donors (Lipinski definition) is 0. The fraction of sp³-hybridized carbons (Fsp3) is 0.333. The molecule has 5 nitrogen and oxygen atoms in total. The van der Waals surface area contributed by atoms with E-state index in [4.69, 9.17) is 9.72 Å². The molecule has 2 saturated heterocycles. The summed E-state index contributed by atoms with van der Waals surface area (Å²) in [6, 6.07) is 26.8. The fourth-order valence-corrected chi connectivity index (χ4v) is 5.17. The lowest BCUT2D eigenvalue weighted by Gasteiger charge is -2.44. The predicted molar refractivity (Wildman–Crippen MR) is 140 cm³/mol. The zero-order valence-corrected chi connectivity index (χ0v) is 20.6. The first-order chi connectivity index (χ1) is 17.0. The van der Waals surface area contributed by atoms with Gasteiger partial charge in [0.25, 0.3) is 0 Å². The summed E-state index contributed by atoms with van der Waals surface area (Å²) in [7, 11) is 0. The van der Waals surface area contributed by atoms with Crippen LogP contribution in [0.25, 0.3) is 6.08 Å². The van der Waals surface area contributed by atoms with Gasteiger partial charge in [-0.2, -0.15) is 0 Å². The molecule has 35 heavy (non-hydrogen) atoms. The summed E-state index contributed by atoms with van der Waals surface area (Å²) in [6.07, 6.45) is 2.02. The van der Waals surface area contributed by atoms with Crippen molar-refractivity contribution >= 4 is 17.7 Å². The Morgan fingerprint density at radius 3 is 2.34 bits per heavy atom. The van der Waals surface area contributed by atoms with E-state index in [1.165, 1.54) is 5.56 Å². The minimum Gasteiger partial charge on any atom is -0.378 e. The number of carbonyl (C=O) groups is 1. The first-order valence-corrected chi connectivity index (χ1v) is 12.4. The number of piperidine rings is 1. The number of ether oxygens (including phenoxy) is 1. The quantitative estimate of drug-likeness (QED) is 0.486. The summed E-state index contributed by atoms with van der Waals surface area (Å²) >= 11 is 0. The van der Waals surface area contributed by atoms with Crippen LogP contribution in [-0.2, 0) is 16.1 Å². The first-order valence-electron chi connectivity index (χ1n) is 12.4. The standard InChI is InChI=1S/C30H33N3O2/c1-30(2)22-33(21-23-10-5-3-6-11-23)28(24-12-7-4-8-13-24)26(29(30)34)20-25-14-9-15-27(31-25)32-16-18-35-19-17-32/h3-15,20,28H,16-19,21-22H2,1-2H3/b26-20-. The lowest BCUT2D eigenvalue weighted by molar-refractivity contribution is -0.128. The number of anilines is 1. The molecule has 1 atom stereocenters. The number of pyridine rings is 1. The molecule has 0 amide bonds. The van der Waals surface area contributed by atoms with E-state index < -0.39 is 5.41 Å². The smallest absolute Gasteiger partial charge is 0.167 e. The van der Waals surface area contributed by atoms with E-state index >= 15 is 0 Å². The molecule has 5 heteroatoms. The van der Waals surface area contributed by atoms with Crippen molar-refractivity contribution in [1.82, 2.24) is 9.88 Å². The van der Waals surface area contributed by atoms with E-state index in [1.54, 1.807) is 0 Å². The summed E-state index contributed by atoms with van der Waals surface area (Å²) in [5, 5.41) is 0. The van der Waals surface area contributed by atoms with Crippen LogP contribution in [0.3, 0.4) is 0 Å². The van der Waals surface area contributed by atoms with E-state index in [1.807, 2.05) is 36.4 Å². The second-order valence-corrected chi connectivity index (χ2v) is 10.0. The number of Topliss-reactive ketones (excluding diaryl/α,β-unsaturated/α-hetero) is 1. The maximum absolute atomic E-state index is 13.9. The predicted octanol–water partition coefficient (Wildman–Crippen LogP) is 5.15. The molecule has 0 bridgehead atoms. The number of hydrogen-bond acceptors (Lipinski definition) is 5. The van der Waals surface area contributed by atoms with Gasteiger partial charge in [-0.25, -0.2) is 4.98 Å². The second kappa shape index (κ2) is 10.1. The highest BCUT2D eigenvalue weighted by Crippen LogP contribution is 2.42. The van der Waals surface area contributed by atoms with Crippen LogP contribution in [-0.4, -0.2) is 48.5 Å². The van der Waals surface area contributed by atoms with Crippen LogP contribution in [0.15, 0.2) is 84.4 Å². The fourth-order valence-electron chi connectivity index (χ4n) is 5.17. The number of rotatable bonds is 5. The summed E-state index contributed by atoms with van der Waals surface area (Å²) in [6.45, 7) is 8.66. The first kappa shape index (κ1) is 23.5. The third-order valence-corrected chi connectivity index (χ3v) is 6.87. The summed E-state index contributed by atoms with van der Waals surface area (Å²) < 4.78 is 5.50. The van der Waals surface area contributed by atoms with Crippen molar-refractivity contribution in [2.45, 2.75) is 26.4 Å². The molecule has 2 aromatic carbocycles. The molecule has 0 radical (unpaired) electrons. The van der Waals surface area contributed by atoms with Gasteiger partial charge in [-0.3, -0.25) is 9.69 Å². The van der Waals surface area contributed by atoms with Gasteiger partial charge in [0.2, 0.25) is 0 Å². The largest absolute Gasteiger partial charge is 0.378 e. The number of nitrogens with zero attached hydrogens (tertiary/aromatic N) is 3. The Bertz CT molecular complexity index is 1180. The topological polar surface area (TPSA) is 45.7 Å². The molecule has 0 N–H and O–H groups in total. The highest BCUT2D eigenvalue weighted by atomic mass is 16.5. The molecule has 3 aromatic rings. The summed E-state index contributed by atoms with van der Waals surface area (Å²) in [5.41, 5.74) is 3.49. The number of likely N-dealkylation sites (tertiary alicyclic amines) is 1. The van der Waals surface area contributed by atoms with E-state index in [0.29, 0.717) is 19.8 Å². The number of aromatic nitrogens is 1. The third kappa shape index (κ3) is 5.21. The van der Waals surface area contributed by atoms with E-state index in [0.717, 1.165) is 42.3 Å². The molecule has 2 aliphatic heterocycles. The van der Waals surface area contributed by atoms with E-state index in [2.05, 4.69) is 72.2 Å². The van der Waals surface area contributed by atoms with Crippen molar-refractivity contribution in [3.05, 3.63) is 101 Å². The van der Waals surface area contributed by atoms with Gasteiger partial charge in [0.05, 0.1) is 24.9 Å². The molecule has 2 aliphatic rings. The summed E-state index contributed by atoms with van der Waals surface area (Å²) in [5.74, 6) is 1.12. The minimum atomic E-state index is -0.492. The van der Waals surface area contributed by atoms with Crippen LogP contribution in [0.2, 0.25) is 0 Å². The molecular formula is C30H33N3O2. The number of carbonyl (C=O) groups excluding carboxylic acids is 1. The minimum absolute atomic E-state index is 0.134. The zero-order valence-electron chi connectivity index (χ0n) is 20.6. The molecule has 0 aliphatic carbocycles. The highest BCUT2D eigenvalue weighted by Gasteiger charge is 2.43. The molecule has 1 unspecified atom stereocenters. The van der Waals surface area contributed by atoms with Gasteiger partial charge in [0.1, 0.15) is 5.82 Å². The van der Waals surface area contributed by atoms with Gasteiger partial charge in [0, 0.05) is 37.2 Å². The molecule has 180 valence electrons. The van der Waals surface area contributed by atoms with Crippen LogP contribution in [0.1, 0.15) is 36.7 Å². The van der Waals surface area contributed by atoms with E-state index in [9.17, 15) is 4.79 Å². The van der Waals surface area contributed by atoms with Gasteiger partial charge >= 0.3 is 0 Å². The average molecular weight is 468 g/mol. The Morgan fingerprint density at radius 2 is 1.63 bits per heavy atom. The Kier molecular flexibility index (Phi) is 6.80. The Hall–Kier alpha value is -3.28. The van der Waals surface area contributed by atoms with Crippen molar-refractivity contribution in [1.29, 1.82) is 0 Å². The Labute approximate surface area is 208 Å². The maximum Gasteiger partial charge on any atom is 0.167 e. The molecule has 3 heterocycles. The van der Waals surface area contributed by atoms with Gasteiger partial charge in [-0.1, -0.05) is 80.6 Å². The molecule has 0 saturated carbocycles. The van der Waals surface area contributed by atoms with Crippen LogP contribution in [0, 0.1) is 5.41 Å². The maximum atomic E-state index is 13.9. The molecular weight excluding hydrogens is 434 g/mol. The lowest BCUT2D eigenvalue weighted by atomic mass is 9.74. The van der Waals surface area contributed by atoms with E-state index in [-0.39, 0.29) is 11.8 Å². The number of benzene rings is 2. The average Bonchev–Trinajstić information content (AvgIpc) is 2.89. The Balaban J connectivity index is 1.57. The summed E-state index contributed by atoms with van der Waals surface area (Å²) in [4.78, 5) is 23.5. The van der Waals surface area contributed by atoms with Crippen molar-refractivity contribution in [3.63, 3.8) is 0 Å². The van der Waals surface area contributed by atoms with Crippen LogP contribution < -0.4 is 4.90 Å². The highest BCUT2D eigenvalue weighted by molar-refractivity contribution is 6.05. The van der Waals surface area contributed by atoms with Crippen LogP contribution in [0.4, 0.5) is 5.82 Å². The monoisotopic (exact) mass is 467 g/mol. The second-order valence-electron chi connectivity index (χ2n) is 10.0. The van der Waals surface area contributed by atoms with Crippen LogP contribution >= 0.6 is 0 Å². The van der Waals surface area contributed by atoms with Crippen molar-refractivity contribution in [2.24, 2.45) is 5.41 Å². The van der Waals surface area contributed by atoms with Gasteiger partial charge < -0.3 is 9.64 Å². The zero-order chi connectivity index (χ0) is 24.3. The molecule has 5 rings (SSSR count). The van der Waals surface area contributed by atoms with Crippen molar-refractivity contribution < 1.29 is 9.53 Å². The molecule has 0 spiro atoms. The van der Waals surface area contributed by atoms with Gasteiger partial charge in [-0.15, -0.1) is 0 Å². The van der Waals surface area contributed by atoms with Gasteiger partial charge in [-0.05, 0) is 29.3 Å². The molecule has 1 aromatic heterocycles. The Morgan fingerprint density at radius 1 is 0.943 bits per heavy atom. The van der Waals surface area contributed by atoms with Crippen molar-refractivity contribution in [3.8, 4) is 0 Å². The SMILES string of the molecule is CC1(C)CN(Cc2ccccc2)C(c2ccccc2)/C(=C/c2cccc(N3CCOCC3)n2)C1=O. The normalized spacial score (nSPS) is 21.9. The number of morpholine rings is 1. The lowest BCUT2D eigenvalue weighted by Crippen LogP contribution is -2.49. The van der Waals surface area contributed by atoms with Crippen LogP contribution in [0.5, 0.6) is 0 Å². The molecule has 2 fully saturated rings. The van der Waals surface area contributed by atoms with Gasteiger partial charge in [0.15, 0.2) is 5.78 Å². The third-order valence-electron chi connectivity index (χ3n) is 6.87. The van der Waals surface area contributed by atoms with Crippen molar-refractivity contribution in [2.75, 3.05) is 37.7 Å².